The molecule has 1 amide bonds. The number of non-ortho nitro benzene ring substituents is 1. The van der Waals surface area contributed by atoms with E-state index in [4.69, 9.17) is 14.0 Å². The highest BCUT2D eigenvalue weighted by Crippen LogP contribution is 2.37. The summed E-state index contributed by atoms with van der Waals surface area (Å²) in [6.07, 6.45) is 4.54. The van der Waals surface area contributed by atoms with Gasteiger partial charge in [-0.1, -0.05) is 35.5 Å². The number of benzene rings is 2. The van der Waals surface area contributed by atoms with Crippen molar-refractivity contribution in [1.82, 2.24) is 20.4 Å². The summed E-state index contributed by atoms with van der Waals surface area (Å²) in [7, 11) is 0. The van der Waals surface area contributed by atoms with Crippen molar-refractivity contribution in [2.24, 2.45) is 5.92 Å². The van der Waals surface area contributed by atoms with Crippen LogP contribution in [0.5, 0.6) is 0 Å². The van der Waals surface area contributed by atoms with Crippen LogP contribution in [-0.2, 0) is 31.4 Å². The molecular weight excluding hydrogens is 534 g/mol. The first kappa shape index (κ1) is 27.6. The number of nitrogens with zero attached hydrogens (tertiary/aromatic N) is 4. The number of nitrogens with one attached hydrogen (secondary N) is 1. The number of carbonyl (C=O) groups is 3. The van der Waals surface area contributed by atoms with Gasteiger partial charge >= 0.3 is 23.6 Å². The largest absolute Gasteiger partial charge is 0.406 e. The fourth-order valence-electron chi connectivity index (χ4n) is 4.83. The summed E-state index contributed by atoms with van der Waals surface area (Å²) in [5.41, 5.74) is 1.03. The lowest BCUT2D eigenvalue weighted by molar-refractivity contribution is -0.384. The lowest BCUT2D eigenvalue weighted by Gasteiger charge is -2.32. The maximum atomic E-state index is 12.8. The van der Waals surface area contributed by atoms with E-state index in [0.29, 0.717) is 12.5 Å². The van der Waals surface area contributed by atoms with E-state index < -0.39 is 34.4 Å². The molecule has 0 atom stereocenters. The van der Waals surface area contributed by atoms with Crippen molar-refractivity contribution in [3.05, 3.63) is 99.7 Å². The van der Waals surface area contributed by atoms with Crippen molar-refractivity contribution in [2.45, 2.75) is 31.6 Å². The zero-order valence-electron chi connectivity index (χ0n) is 21.9. The molecule has 3 aromatic rings. The van der Waals surface area contributed by atoms with Crippen LogP contribution in [0.2, 0.25) is 0 Å². The molecule has 0 saturated carbocycles. The van der Waals surface area contributed by atoms with E-state index in [-0.39, 0.29) is 17.1 Å². The lowest BCUT2D eigenvalue weighted by atomic mass is 9.93. The van der Waals surface area contributed by atoms with Crippen molar-refractivity contribution in [1.29, 1.82) is 0 Å². The third kappa shape index (κ3) is 6.47. The van der Waals surface area contributed by atoms with Gasteiger partial charge in [0.15, 0.2) is 0 Å². The number of cyclic esters (lactones) is 2. The third-order valence-corrected chi connectivity index (χ3v) is 7.01. The standard InChI is InChI=1S/C28H27N5O8/c34-23-10-11-24(35)40-28(39-23,21-6-8-22(9-7-21)33(37)38)27-30-25(31-41-27)26(36)29-15-12-19-13-16-32(17-14-19)18-20-4-2-1-3-5-20/h1-11,19H,12-18H2,(H,29,36). The average molecular weight is 562 g/mol. The molecule has 13 heteroatoms. The summed E-state index contributed by atoms with van der Waals surface area (Å²) in [4.78, 5) is 54.3. The Hall–Kier alpha value is -4.91. The molecule has 2 aliphatic heterocycles. The molecule has 1 aromatic heterocycles. The van der Waals surface area contributed by atoms with Crippen LogP contribution in [0.4, 0.5) is 5.69 Å². The van der Waals surface area contributed by atoms with Gasteiger partial charge in [0.2, 0.25) is 0 Å². The Kier molecular flexibility index (Phi) is 8.15. The maximum absolute atomic E-state index is 12.8. The Labute approximate surface area is 234 Å². The van der Waals surface area contributed by atoms with Gasteiger partial charge in [-0.2, -0.15) is 4.98 Å². The molecule has 2 aliphatic rings. The average Bonchev–Trinajstić information content (AvgIpc) is 3.43. The molecule has 0 aliphatic carbocycles. The van der Waals surface area contributed by atoms with Gasteiger partial charge in [-0.05, 0) is 56.0 Å². The van der Waals surface area contributed by atoms with E-state index in [9.17, 15) is 24.5 Å². The first-order valence-corrected chi connectivity index (χ1v) is 13.1. The van der Waals surface area contributed by atoms with Gasteiger partial charge in [0.25, 0.3) is 17.4 Å². The molecule has 0 spiro atoms. The van der Waals surface area contributed by atoms with Crippen LogP contribution in [-0.4, -0.2) is 57.4 Å². The fourth-order valence-corrected chi connectivity index (χ4v) is 4.83. The molecule has 1 saturated heterocycles. The second-order valence-corrected chi connectivity index (χ2v) is 9.77. The highest BCUT2D eigenvalue weighted by Gasteiger charge is 2.50. The molecule has 1 N–H and O–H groups in total. The first-order valence-electron chi connectivity index (χ1n) is 13.1. The van der Waals surface area contributed by atoms with Crippen molar-refractivity contribution in [2.75, 3.05) is 19.6 Å². The zero-order valence-corrected chi connectivity index (χ0v) is 21.9. The molecule has 3 heterocycles. The number of hydrogen-bond donors (Lipinski definition) is 1. The summed E-state index contributed by atoms with van der Waals surface area (Å²) >= 11 is 0. The van der Waals surface area contributed by atoms with Crippen LogP contribution in [0, 0.1) is 16.0 Å². The fraction of sp³-hybridized carbons (Fsp3) is 0.321. The minimum absolute atomic E-state index is 0.0114. The van der Waals surface area contributed by atoms with Crippen LogP contribution in [0.1, 0.15) is 46.9 Å². The first-order chi connectivity index (χ1) is 19.8. The molecule has 212 valence electrons. The van der Waals surface area contributed by atoms with E-state index in [1.165, 1.54) is 17.7 Å². The Morgan fingerprint density at radius 3 is 2.32 bits per heavy atom. The number of likely N-dealkylation sites (tertiary alicyclic amines) is 1. The van der Waals surface area contributed by atoms with Crippen molar-refractivity contribution < 1.29 is 33.3 Å². The number of nitro benzene ring substituents is 1. The van der Waals surface area contributed by atoms with Crippen molar-refractivity contribution in [3.8, 4) is 0 Å². The Bertz CT molecular complexity index is 1430. The van der Waals surface area contributed by atoms with E-state index >= 15 is 0 Å². The highest BCUT2D eigenvalue weighted by molar-refractivity contribution is 5.94. The minimum atomic E-state index is -2.36. The van der Waals surface area contributed by atoms with Crippen LogP contribution in [0.15, 0.2) is 71.3 Å². The van der Waals surface area contributed by atoms with Gasteiger partial charge in [-0.3, -0.25) is 19.8 Å². The summed E-state index contributed by atoms with van der Waals surface area (Å²) in [6, 6.07) is 15.0. The van der Waals surface area contributed by atoms with E-state index in [1.807, 2.05) is 18.2 Å². The number of esters is 2. The smallest absolute Gasteiger partial charge is 0.365 e. The molecule has 1 fully saturated rings. The topological polar surface area (TPSA) is 167 Å². The predicted octanol–water partition coefficient (Wildman–Crippen LogP) is 2.87. The predicted molar refractivity (Wildman–Crippen MR) is 141 cm³/mol. The number of piperidine rings is 1. The third-order valence-electron chi connectivity index (χ3n) is 7.01. The number of nitro groups is 1. The highest BCUT2D eigenvalue weighted by atomic mass is 16.7. The molecule has 5 rings (SSSR count). The van der Waals surface area contributed by atoms with Gasteiger partial charge in [0.05, 0.1) is 4.92 Å². The minimum Gasteiger partial charge on any atom is -0.406 e. The van der Waals surface area contributed by atoms with Gasteiger partial charge in [-0.25, -0.2) is 9.59 Å². The van der Waals surface area contributed by atoms with Crippen molar-refractivity contribution in [3.63, 3.8) is 0 Å². The Balaban J connectivity index is 1.21. The quantitative estimate of drug-likeness (QED) is 0.232. The summed E-state index contributed by atoms with van der Waals surface area (Å²) < 4.78 is 16.0. The molecule has 2 aromatic carbocycles. The molecule has 0 bridgehead atoms. The number of hydrogen-bond acceptors (Lipinski definition) is 11. The Morgan fingerprint density at radius 1 is 1.02 bits per heavy atom. The van der Waals surface area contributed by atoms with Gasteiger partial charge < -0.3 is 19.3 Å². The van der Waals surface area contributed by atoms with E-state index in [1.54, 1.807) is 0 Å². The molecule has 0 radical (unpaired) electrons. The van der Waals surface area contributed by atoms with Crippen LogP contribution >= 0.6 is 0 Å². The normalized spacial score (nSPS) is 17.4. The zero-order chi connectivity index (χ0) is 28.8. The second-order valence-electron chi connectivity index (χ2n) is 9.77. The lowest BCUT2D eigenvalue weighted by Crippen LogP contribution is -2.37. The number of rotatable bonds is 9. The van der Waals surface area contributed by atoms with Gasteiger partial charge in [-0.15, -0.1) is 0 Å². The number of ether oxygens (including phenoxy) is 2. The maximum Gasteiger partial charge on any atom is 0.365 e. The Morgan fingerprint density at radius 2 is 1.68 bits per heavy atom. The van der Waals surface area contributed by atoms with Crippen molar-refractivity contribution >= 4 is 23.5 Å². The second kappa shape index (κ2) is 12.1. The van der Waals surface area contributed by atoms with Gasteiger partial charge in [0.1, 0.15) is 0 Å². The molecule has 41 heavy (non-hydrogen) atoms. The monoisotopic (exact) mass is 561 g/mol. The SMILES string of the molecule is O=C1C=CC(=O)OC(c2ccc([N+](=O)[O-])cc2)(c2nc(C(=O)NCCC3CCN(Cc4ccccc4)CC3)no2)O1. The summed E-state index contributed by atoms with van der Waals surface area (Å²) in [5, 5.41) is 17.5. The summed E-state index contributed by atoms with van der Waals surface area (Å²) in [6.45, 7) is 3.29. The number of amides is 1. The number of aromatic nitrogens is 2. The van der Waals surface area contributed by atoms with Crippen LogP contribution in [0.3, 0.4) is 0 Å². The van der Waals surface area contributed by atoms with E-state index in [0.717, 1.165) is 63.2 Å². The molecule has 13 nitrogen and oxygen atoms in total. The molecular formula is C28H27N5O8. The number of carbonyl (C=O) groups excluding carboxylic acids is 3. The van der Waals surface area contributed by atoms with Crippen LogP contribution < -0.4 is 5.32 Å². The van der Waals surface area contributed by atoms with Crippen LogP contribution in [0.25, 0.3) is 0 Å². The van der Waals surface area contributed by atoms with Gasteiger partial charge in [0, 0.05) is 42.9 Å². The van der Waals surface area contributed by atoms with E-state index in [2.05, 4.69) is 32.5 Å². The summed E-state index contributed by atoms with van der Waals surface area (Å²) in [5.74, 6) is -5.31. The molecule has 0 unspecified atom stereocenters.